The molecule has 0 aliphatic heterocycles. The summed E-state index contributed by atoms with van der Waals surface area (Å²) in [5.74, 6) is 1.64. The van der Waals surface area contributed by atoms with Gasteiger partial charge in [-0.15, -0.1) is 0 Å². The fourth-order valence-electron chi connectivity index (χ4n) is 2.50. The number of carbonyl (C=O) groups is 1. The van der Waals surface area contributed by atoms with Crippen molar-refractivity contribution in [1.82, 2.24) is 10.2 Å². The van der Waals surface area contributed by atoms with Crippen molar-refractivity contribution >= 4 is 5.97 Å². The van der Waals surface area contributed by atoms with Crippen LogP contribution < -0.4 is 5.32 Å². The maximum absolute atomic E-state index is 11.8. The summed E-state index contributed by atoms with van der Waals surface area (Å²) in [6.45, 7) is 6.13. The number of hydrogen-bond donors (Lipinski definition) is 1. The van der Waals surface area contributed by atoms with Crippen LogP contribution in [0, 0.1) is 11.8 Å². The number of nitrogens with zero attached hydrogens (tertiary/aromatic N) is 1. The van der Waals surface area contributed by atoms with E-state index < -0.39 is 0 Å². The van der Waals surface area contributed by atoms with Crippen LogP contribution in [0.2, 0.25) is 0 Å². The molecule has 2 fully saturated rings. The molecule has 0 heterocycles. The van der Waals surface area contributed by atoms with E-state index in [1.54, 1.807) is 0 Å². The van der Waals surface area contributed by atoms with E-state index in [1.165, 1.54) is 32.8 Å². The average Bonchev–Trinajstić information content (AvgIpc) is 3.29. The molecule has 1 unspecified atom stereocenters. The van der Waals surface area contributed by atoms with Crippen LogP contribution in [0.5, 0.6) is 0 Å². The molecule has 19 heavy (non-hydrogen) atoms. The molecule has 4 nitrogen and oxygen atoms in total. The quantitative estimate of drug-likeness (QED) is 0.612. The number of esters is 1. The van der Waals surface area contributed by atoms with Crippen molar-refractivity contribution in [2.45, 2.75) is 45.1 Å². The monoisotopic (exact) mass is 268 g/mol. The van der Waals surface area contributed by atoms with Crippen LogP contribution in [0.1, 0.15) is 39.0 Å². The Labute approximate surface area is 116 Å². The first-order valence-corrected chi connectivity index (χ1v) is 7.76. The van der Waals surface area contributed by atoms with Crippen LogP contribution in [0.25, 0.3) is 0 Å². The molecule has 2 rings (SSSR count). The predicted octanol–water partition coefficient (Wildman–Crippen LogP) is 1.65. The summed E-state index contributed by atoms with van der Waals surface area (Å²) in [5.41, 5.74) is 0. The summed E-state index contributed by atoms with van der Waals surface area (Å²) in [6.07, 6.45) is 6.51. The zero-order valence-corrected chi connectivity index (χ0v) is 12.4. The molecular weight excluding hydrogens is 240 g/mol. The number of rotatable bonds is 10. The van der Waals surface area contributed by atoms with Crippen LogP contribution in [0.15, 0.2) is 0 Å². The highest BCUT2D eigenvalue weighted by Gasteiger charge is 2.31. The summed E-state index contributed by atoms with van der Waals surface area (Å²) in [6, 6.07) is -0.164. The summed E-state index contributed by atoms with van der Waals surface area (Å²) < 4.78 is 4.92. The minimum absolute atomic E-state index is 0.120. The van der Waals surface area contributed by atoms with Crippen molar-refractivity contribution in [3.05, 3.63) is 0 Å². The van der Waals surface area contributed by atoms with E-state index in [0.29, 0.717) is 0 Å². The topological polar surface area (TPSA) is 41.6 Å². The molecule has 1 N–H and O–H groups in total. The van der Waals surface area contributed by atoms with Crippen LogP contribution >= 0.6 is 0 Å². The lowest BCUT2D eigenvalue weighted by atomic mass is 10.2. The molecule has 110 valence electrons. The van der Waals surface area contributed by atoms with Gasteiger partial charge in [0.15, 0.2) is 0 Å². The molecule has 0 spiro atoms. The smallest absolute Gasteiger partial charge is 0.324 e. The summed E-state index contributed by atoms with van der Waals surface area (Å²) >= 11 is 0. The van der Waals surface area contributed by atoms with Gasteiger partial charge in [-0.05, 0) is 50.5 Å². The van der Waals surface area contributed by atoms with Crippen molar-refractivity contribution in [2.75, 3.05) is 33.3 Å². The Morgan fingerprint density at radius 2 is 1.84 bits per heavy atom. The average molecular weight is 268 g/mol. The molecule has 0 amide bonds. The second-order valence-corrected chi connectivity index (χ2v) is 6.14. The van der Waals surface area contributed by atoms with Gasteiger partial charge < -0.3 is 15.0 Å². The van der Waals surface area contributed by atoms with Gasteiger partial charge in [0.2, 0.25) is 0 Å². The van der Waals surface area contributed by atoms with E-state index in [-0.39, 0.29) is 12.0 Å². The molecule has 0 bridgehead atoms. The van der Waals surface area contributed by atoms with Crippen LogP contribution in [-0.2, 0) is 9.53 Å². The summed E-state index contributed by atoms with van der Waals surface area (Å²) in [7, 11) is 1.48. The molecule has 0 aromatic rings. The Balaban J connectivity index is 1.83. The first kappa shape index (κ1) is 14.8. The van der Waals surface area contributed by atoms with Crippen molar-refractivity contribution in [2.24, 2.45) is 11.8 Å². The number of ether oxygens (including phenoxy) is 1. The molecule has 2 aliphatic rings. The van der Waals surface area contributed by atoms with Gasteiger partial charge in [0.1, 0.15) is 6.04 Å². The number of carbonyl (C=O) groups excluding carboxylic acids is 1. The van der Waals surface area contributed by atoms with Gasteiger partial charge >= 0.3 is 5.97 Å². The van der Waals surface area contributed by atoms with E-state index in [0.717, 1.165) is 44.4 Å². The third-order valence-corrected chi connectivity index (χ3v) is 3.99. The van der Waals surface area contributed by atoms with E-state index in [2.05, 4.69) is 17.1 Å². The predicted molar refractivity (Wildman–Crippen MR) is 76.0 cm³/mol. The number of hydrogen-bond acceptors (Lipinski definition) is 4. The van der Waals surface area contributed by atoms with Gasteiger partial charge in [0.25, 0.3) is 0 Å². The molecule has 1 atom stereocenters. The minimum atomic E-state index is -0.164. The standard InChI is InChI=1S/C15H28N2O2/c1-3-8-16-14(15(18)19-2)11-17(9-12-4-5-12)10-13-6-7-13/h12-14,16H,3-11H2,1-2H3. The first-order valence-electron chi connectivity index (χ1n) is 7.76. The normalized spacial score (nSPS) is 20.6. The fraction of sp³-hybridized carbons (Fsp3) is 0.933. The lowest BCUT2D eigenvalue weighted by molar-refractivity contribution is -0.143. The third kappa shape index (κ3) is 5.49. The highest BCUT2D eigenvalue weighted by molar-refractivity contribution is 5.75. The van der Waals surface area contributed by atoms with Gasteiger partial charge in [-0.1, -0.05) is 6.92 Å². The highest BCUT2D eigenvalue weighted by Crippen LogP contribution is 2.33. The SMILES string of the molecule is CCCNC(CN(CC1CC1)CC1CC1)C(=O)OC. The van der Waals surface area contributed by atoms with Crippen molar-refractivity contribution < 1.29 is 9.53 Å². The van der Waals surface area contributed by atoms with Gasteiger partial charge in [0.05, 0.1) is 7.11 Å². The number of methoxy groups -OCH3 is 1. The van der Waals surface area contributed by atoms with Crippen LogP contribution in [-0.4, -0.2) is 50.2 Å². The van der Waals surface area contributed by atoms with E-state index in [9.17, 15) is 4.79 Å². The Morgan fingerprint density at radius 1 is 1.26 bits per heavy atom. The highest BCUT2D eigenvalue weighted by atomic mass is 16.5. The Kier molecular flexibility index (Phi) is 5.64. The molecule has 0 radical (unpaired) electrons. The second kappa shape index (κ2) is 7.25. The molecular formula is C15H28N2O2. The summed E-state index contributed by atoms with van der Waals surface area (Å²) in [5, 5.41) is 3.32. The molecule has 0 aromatic carbocycles. The van der Waals surface area contributed by atoms with Crippen LogP contribution in [0.3, 0.4) is 0 Å². The van der Waals surface area contributed by atoms with Crippen molar-refractivity contribution in [1.29, 1.82) is 0 Å². The molecule has 2 saturated carbocycles. The summed E-state index contributed by atoms with van der Waals surface area (Å²) in [4.78, 5) is 14.3. The largest absolute Gasteiger partial charge is 0.468 e. The van der Waals surface area contributed by atoms with Crippen molar-refractivity contribution in [3.63, 3.8) is 0 Å². The van der Waals surface area contributed by atoms with E-state index >= 15 is 0 Å². The Morgan fingerprint density at radius 3 is 2.26 bits per heavy atom. The lowest BCUT2D eigenvalue weighted by Gasteiger charge is -2.27. The number of nitrogens with one attached hydrogen (secondary N) is 1. The molecule has 0 saturated heterocycles. The Bertz CT molecular complexity index is 274. The van der Waals surface area contributed by atoms with Gasteiger partial charge in [-0.25, -0.2) is 0 Å². The zero-order chi connectivity index (χ0) is 13.7. The van der Waals surface area contributed by atoms with Gasteiger partial charge in [0, 0.05) is 19.6 Å². The van der Waals surface area contributed by atoms with Gasteiger partial charge in [-0.3, -0.25) is 4.79 Å². The maximum Gasteiger partial charge on any atom is 0.324 e. The van der Waals surface area contributed by atoms with E-state index in [1.807, 2.05) is 0 Å². The molecule has 2 aliphatic carbocycles. The zero-order valence-electron chi connectivity index (χ0n) is 12.4. The molecule has 4 heteroatoms. The lowest BCUT2D eigenvalue weighted by Crippen LogP contribution is -2.48. The van der Waals surface area contributed by atoms with Crippen molar-refractivity contribution in [3.8, 4) is 0 Å². The Hall–Kier alpha value is -0.610. The van der Waals surface area contributed by atoms with Crippen LogP contribution in [0.4, 0.5) is 0 Å². The molecule has 0 aromatic heterocycles. The van der Waals surface area contributed by atoms with Gasteiger partial charge in [-0.2, -0.15) is 0 Å². The maximum atomic E-state index is 11.8. The third-order valence-electron chi connectivity index (χ3n) is 3.99. The second-order valence-electron chi connectivity index (χ2n) is 6.14. The minimum Gasteiger partial charge on any atom is -0.468 e. The first-order chi connectivity index (χ1) is 9.22. The van der Waals surface area contributed by atoms with E-state index in [4.69, 9.17) is 4.74 Å². The fourth-order valence-corrected chi connectivity index (χ4v) is 2.50.